The van der Waals surface area contributed by atoms with Crippen LogP contribution in [0.1, 0.15) is 18.5 Å². The highest BCUT2D eigenvalue weighted by atomic mass is 16.3. The fraction of sp³-hybridized carbons (Fsp3) is 0.368. The van der Waals surface area contributed by atoms with E-state index in [2.05, 4.69) is 31.6 Å². The molecule has 4 rings (SSSR count). The molecule has 24 heavy (non-hydrogen) atoms. The molecule has 1 aliphatic rings. The summed E-state index contributed by atoms with van der Waals surface area (Å²) in [6.45, 7) is 3.27. The van der Waals surface area contributed by atoms with Crippen molar-refractivity contribution in [2.45, 2.75) is 31.5 Å². The zero-order valence-electron chi connectivity index (χ0n) is 13.7. The normalized spacial score (nSPS) is 18.0. The van der Waals surface area contributed by atoms with Gasteiger partial charge in [-0.05, 0) is 37.1 Å². The minimum Gasteiger partial charge on any atom is -0.388 e. The summed E-state index contributed by atoms with van der Waals surface area (Å²) in [5.74, 6) is 0. The molecular weight excluding hydrogens is 300 g/mol. The molecule has 1 aliphatic heterocycles. The number of likely N-dealkylation sites (tertiary alicyclic amines) is 1. The molecule has 0 aliphatic carbocycles. The Morgan fingerprint density at radius 3 is 2.75 bits per heavy atom. The third kappa shape index (κ3) is 3.18. The van der Waals surface area contributed by atoms with Gasteiger partial charge in [0.1, 0.15) is 0 Å². The van der Waals surface area contributed by atoms with Crippen molar-refractivity contribution in [2.24, 2.45) is 0 Å². The van der Waals surface area contributed by atoms with Gasteiger partial charge in [0.2, 0.25) is 0 Å². The third-order valence-corrected chi connectivity index (χ3v) is 4.94. The van der Waals surface area contributed by atoms with Crippen LogP contribution in [0, 0.1) is 0 Å². The van der Waals surface area contributed by atoms with E-state index < -0.39 is 5.60 Å². The monoisotopic (exact) mass is 322 g/mol. The van der Waals surface area contributed by atoms with Gasteiger partial charge in [0.15, 0.2) is 0 Å². The highest BCUT2D eigenvalue weighted by Gasteiger charge is 2.32. The van der Waals surface area contributed by atoms with Crippen molar-refractivity contribution >= 4 is 10.9 Å². The number of fused-ring (bicyclic) bond motifs is 1. The number of piperidine rings is 1. The molecule has 0 unspecified atom stereocenters. The lowest BCUT2D eigenvalue weighted by molar-refractivity contribution is -0.0351. The Labute approximate surface area is 141 Å². The standard InChI is InChI=1S/C19H22N4O/c24-19(15-23-10-5-16-4-9-20-13-18(16)23)6-11-22(12-7-19)14-17-3-1-2-8-21-17/h1-5,8-10,13,24H,6-7,11-12,14-15H2. The summed E-state index contributed by atoms with van der Waals surface area (Å²) in [5, 5.41) is 12.2. The van der Waals surface area contributed by atoms with Gasteiger partial charge in [-0.25, -0.2) is 0 Å². The van der Waals surface area contributed by atoms with E-state index >= 15 is 0 Å². The molecule has 0 saturated carbocycles. The Kier molecular flexibility index (Phi) is 4.04. The first-order chi connectivity index (χ1) is 11.7. The van der Waals surface area contributed by atoms with Gasteiger partial charge >= 0.3 is 0 Å². The molecule has 124 valence electrons. The Hall–Kier alpha value is -2.24. The first kappa shape index (κ1) is 15.3. The molecule has 0 atom stereocenters. The van der Waals surface area contributed by atoms with Gasteiger partial charge in [-0.2, -0.15) is 0 Å². The van der Waals surface area contributed by atoms with Crippen LogP contribution in [-0.2, 0) is 13.1 Å². The van der Waals surface area contributed by atoms with Gasteiger partial charge in [0.25, 0.3) is 0 Å². The van der Waals surface area contributed by atoms with E-state index in [0.717, 1.165) is 43.7 Å². The van der Waals surface area contributed by atoms with E-state index in [9.17, 15) is 5.11 Å². The fourth-order valence-corrected chi connectivity index (χ4v) is 3.49. The Balaban J connectivity index is 1.40. The molecule has 0 amide bonds. The minimum absolute atomic E-state index is 0.625. The lowest BCUT2D eigenvalue weighted by Gasteiger charge is -2.38. The second-order valence-corrected chi connectivity index (χ2v) is 6.70. The maximum atomic E-state index is 11.0. The van der Waals surface area contributed by atoms with E-state index in [1.54, 1.807) is 6.20 Å². The quantitative estimate of drug-likeness (QED) is 0.802. The second-order valence-electron chi connectivity index (χ2n) is 6.70. The number of aromatic nitrogens is 3. The van der Waals surface area contributed by atoms with Crippen LogP contribution in [0.4, 0.5) is 0 Å². The van der Waals surface area contributed by atoms with E-state index in [1.165, 1.54) is 5.39 Å². The number of pyridine rings is 2. The average molecular weight is 322 g/mol. The molecule has 5 heteroatoms. The van der Waals surface area contributed by atoms with Crippen molar-refractivity contribution in [1.82, 2.24) is 19.4 Å². The number of nitrogens with zero attached hydrogens (tertiary/aromatic N) is 4. The van der Waals surface area contributed by atoms with E-state index in [4.69, 9.17) is 0 Å². The summed E-state index contributed by atoms with van der Waals surface area (Å²) < 4.78 is 2.12. The molecule has 1 fully saturated rings. The summed E-state index contributed by atoms with van der Waals surface area (Å²) in [7, 11) is 0. The first-order valence-corrected chi connectivity index (χ1v) is 8.45. The predicted molar refractivity (Wildman–Crippen MR) is 93.4 cm³/mol. The number of hydrogen-bond donors (Lipinski definition) is 1. The molecule has 0 spiro atoms. The van der Waals surface area contributed by atoms with Crippen LogP contribution >= 0.6 is 0 Å². The first-order valence-electron chi connectivity index (χ1n) is 8.45. The van der Waals surface area contributed by atoms with Crippen LogP contribution in [0.25, 0.3) is 10.9 Å². The number of hydrogen-bond acceptors (Lipinski definition) is 4. The fourth-order valence-electron chi connectivity index (χ4n) is 3.49. The molecular formula is C19H22N4O. The molecule has 1 saturated heterocycles. The van der Waals surface area contributed by atoms with Crippen LogP contribution in [0.2, 0.25) is 0 Å². The van der Waals surface area contributed by atoms with Gasteiger partial charge in [-0.1, -0.05) is 6.07 Å². The number of aliphatic hydroxyl groups is 1. The number of rotatable bonds is 4. The summed E-state index contributed by atoms with van der Waals surface area (Å²) in [4.78, 5) is 11.0. The van der Waals surface area contributed by atoms with Crippen molar-refractivity contribution in [2.75, 3.05) is 13.1 Å². The zero-order chi connectivity index (χ0) is 16.4. The third-order valence-electron chi connectivity index (χ3n) is 4.94. The van der Waals surface area contributed by atoms with Crippen LogP contribution in [0.3, 0.4) is 0 Å². The SMILES string of the molecule is OC1(Cn2ccc3ccncc32)CCN(Cc2ccccn2)CC1. The summed E-state index contributed by atoms with van der Waals surface area (Å²) >= 11 is 0. The Bertz CT molecular complexity index is 806. The zero-order valence-corrected chi connectivity index (χ0v) is 13.7. The van der Waals surface area contributed by atoms with Crippen molar-refractivity contribution in [3.63, 3.8) is 0 Å². The largest absolute Gasteiger partial charge is 0.388 e. The van der Waals surface area contributed by atoms with Gasteiger partial charge in [0.05, 0.1) is 29.6 Å². The van der Waals surface area contributed by atoms with Crippen LogP contribution in [0.15, 0.2) is 55.1 Å². The van der Waals surface area contributed by atoms with E-state index in [-0.39, 0.29) is 0 Å². The Morgan fingerprint density at radius 1 is 1.08 bits per heavy atom. The predicted octanol–water partition coefficient (Wildman–Crippen LogP) is 2.46. The van der Waals surface area contributed by atoms with Crippen LogP contribution in [-0.4, -0.2) is 43.2 Å². The van der Waals surface area contributed by atoms with Crippen LogP contribution in [0.5, 0.6) is 0 Å². The topological polar surface area (TPSA) is 54.2 Å². The van der Waals surface area contributed by atoms with Gasteiger partial charge in [0, 0.05) is 43.6 Å². The molecule has 4 heterocycles. The second kappa shape index (κ2) is 6.34. The molecule has 3 aromatic rings. The van der Waals surface area contributed by atoms with Crippen molar-refractivity contribution in [3.8, 4) is 0 Å². The van der Waals surface area contributed by atoms with Gasteiger partial charge < -0.3 is 9.67 Å². The summed E-state index contributed by atoms with van der Waals surface area (Å²) in [6, 6.07) is 10.1. The van der Waals surface area contributed by atoms with Gasteiger partial charge in [-0.15, -0.1) is 0 Å². The van der Waals surface area contributed by atoms with E-state index in [0.29, 0.717) is 6.54 Å². The Morgan fingerprint density at radius 2 is 1.96 bits per heavy atom. The lowest BCUT2D eigenvalue weighted by Crippen LogP contribution is -2.46. The highest BCUT2D eigenvalue weighted by Crippen LogP contribution is 2.27. The minimum atomic E-state index is -0.650. The van der Waals surface area contributed by atoms with Crippen LogP contribution < -0.4 is 0 Å². The molecule has 0 radical (unpaired) electrons. The van der Waals surface area contributed by atoms with Crippen molar-refractivity contribution < 1.29 is 5.11 Å². The molecule has 1 N–H and O–H groups in total. The molecule has 5 nitrogen and oxygen atoms in total. The summed E-state index contributed by atoms with van der Waals surface area (Å²) in [5.41, 5.74) is 1.52. The van der Waals surface area contributed by atoms with Gasteiger partial charge in [-0.3, -0.25) is 14.9 Å². The van der Waals surface area contributed by atoms with Crippen molar-refractivity contribution in [3.05, 3.63) is 60.8 Å². The summed E-state index contributed by atoms with van der Waals surface area (Å²) in [6.07, 6.45) is 9.11. The van der Waals surface area contributed by atoms with Crippen molar-refractivity contribution in [1.29, 1.82) is 0 Å². The maximum absolute atomic E-state index is 11.0. The molecule has 0 aromatic carbocycles. The maximum Gasteiger partial charge on any atom is 0.0850 e. The average Bonchev–Trinajstić information content (AvgIpc) is 3.01. The highest BCUT2D eigenvalue weighted by molar-refractivity contribution is 5.78. The molecule has 3 aromatic heterocycles. The lowest BCUT2D eigenvalue weighted by atomic mass is 9.91. The van der Waals surface area contributed by atoms with E-state index in [1.807, 2.05) is 36.8 Å². The smallest absolute Gasteiger partial charge is 0.0850 e. The molecule has 0 bridgehead atoms.